The quantitative estimate of drug-likeness (QED) is 0.693. The molecule has 1 atom stereocenters. The van der Waals surface area contributed by atoms with Crippen molar-refractivity contribution >= 4 is 11.8 Å². The summed E-state index contributed by atoms with van der Waals surface area (Å²) in [5, 5.41) is 16.5. The third-order valence-electron chi connectivity index (χ3n) is 2.66. The zero-order chi connectivity index (χ0) is 12.7. The SMILES string of the molecule is Cc1nn(C)cc1C(C)NCCSCCCO. The maximum Gasteiger partial charge on any atom is 0.0641 e. The van der Waals surface area contributed by atoms with Crippen molar-refractivity contribution in [3.05, 3.63) is 17.5 Å². The van der Waals surface area contributed by atoms with Crippen molar-refractivity contribution in [1.29, 1.82) is 0 Å². The van der Waals surface area contributed by atoms with Crippen molar-refractivity contribution in [2.24, 2.45) is 7.05 Å². The molecule has 0 aliphatic rings. The van der Waals surface area contributed by atoms with Crippen LogP contribution in [0.5, 0.6) is 0 Å². The molecule has 0 fully saturated rings. The minimum Gasteiger partial charge on any atom is -0.396 e. The topological polar surface area (TPSA) is 50.1 Å². The van der Waals surface area contributed by atoms with Gasteiger partial charge in [-0.25, -0.2) is 0 Å². The fourth-order valence-electron chi connectivity index (χ4n) is 1.77. The molecule has 1 unspecified atom stereocenters. The largest absolute Gasteiger partial charge is 0.396 e. The van der Waals surface area contributed by atoms with Gasteiger partial charge in [-0.2, -0.15) is 16.9 Å². The average molecular weight is 257 g/mol. The standard InChI is InChI=1S/C12H23N3OS/c1-10(12-9-15(3)14-11(12)2)13-5-8-17-7-4-6-16/h9-10,13,16H,4-8H2,1-3H3. The number of rotatable bonds is 8. The second-order valence-corrected chi connectivity index (χ2v) is 5.43. The van der Waals surface area contributed by atoms with E-state index in [9.17, 15) is 0 Å². The number of nitrogens with zero attached hydrogens (tertiary/aromatic N) is 2. The number of hydrogen-bond acceptors (Lipinski definition) is 4. The third-order valence-corrected chi connectivity index (χ3v) is 3.73. The minimum absolute atomic E-state index is 0.297. The van der Waals surface area contributed by atoms with Crippen LogP contribution >= 0.6 is 11.8 Å². The van der Waals surface area contributed by atoms with Crippen molar-refractivity contribution in [3.8, 4) is 0 Å². The van der Waals surface area contributed by atoms with Gasteiger partial charge in [0.1, 0.15) is 0 Å². The lowest BCUT2D eigenvalue weighted by atomic mass is 10.1. The van der Waals surface area contributed by atoms with Gasteiger partial charge in [0.2, 0.25) is 0 Å². The van der Waals surface area contributed by atoms with Gasteiger partial charge in [-0.3, -0.25) is 4.68 Å². The van der Waals surface area contributed by atoms with E-state index in [1.165, 1.54) is 5.56 Å². The summed E-state index contributed by atoms with van der Waals surface area (Å²) in [5.41, 5.74) is 2.37. The Kier molecular flexibility index (Phi) is 6.62. The highest BCUT2D eigenvalue weighted by molar-refractivity contribution is 7.99. The van der Waals surface area contributed by atoms with Crippen LogP contribution in [0.4, 0.5) is 0 Å². The highest BCUT2D eigenvalue weighted by Gasteiger charge is 2.10. The molecule has 0 radical (unpaired) electrons. The molecule has 1 aromatic rings. The number of hydrogen-bond donors (Lipinski definition) is 2. The maximum absolute atomic E-state index is 8.65. The summed E-state index contributed by atoms with van der Waals surface area (Å²) >= 11 is 1.88. The van der Waals surface area contributed by atoms with E-state index >= 15 is 0 Å². The fourth-order valence-corrected chi connectivity index (χ4v) is 2.57. The number of aliphatic hydroxyl groups is 1. The normalized spacial score (nSPS) is 12.9. The van der Waals surface area contributed by atoms with Gasteiger partial charge in [-0.1, -0.05) is 0 Å². The Morgan fingerprint density at radius 3 is 2.88 bits per heavy atom. The Labute approximate surface area is 108 Å². The molecule has 2 N–H and O–H groups in total. The molecule has 0 saturated carbocycles. The number of aromatic nitrogens is 2. The van der Waals surface area contributed by atoms with Crippen LogP contribution < -0.4 is 5.32 Å². The summed E-state index contributed by atoms with van der Waals surface area (Å²) in [7, 11) is 1.95. The van der Waals surface area contributed by atoms with Gasteiger partial charge in [0.15, 0.2) is 0 Å². The highest BCUT2D eigenvalue weighted by atomic mass is 32.2. The molecule has 0 bridgehead atoms. The Balaban J connectivity index is 2.21. The fraction of sp³-hybridized carbons (Fsp3) is 0.750. The van der Waals surface area contributed by atoms with E-state index in [1.807, 2.05) is 30.4 Å². The van der Waals surface area contributed by atoms with Crippen LogP contribution in [0.15, 0.2) is 6.20 Å². The summed E-state index contributed by atoms with van der Waals surface area (Å²) in [6.45, 7) is 5.50. The van der Waals surface area contributed by atoms with E-state index in [2.05, 4.69) is 23.5 Å². The van der Waals surface area contributed by atoms with Crippen LogP contribution in [0.1, 0.15) is 30.6 Å². The molecule has 0 aliphatic heterocycles. The molecule has 0 aliphatic carbocycles. The lowest BCUT2D eigenvalue weighted by Crippen LogP contribution is -2.21. The van der Waals surface area contributed by atoms with Crippen LogP contribution in [0.2, 0.25) is 0 Å². The van der Waals surface area contributed by atoms with E-state index in [0.29, 0.717) is 12.6 Å². The lowest BCUT2D eigenvalue weighted by molar-refractivity contribution is 0.296. The van der Waals surface area contributed by atoms with Crippen LogP contribution in [0.25, 0.3) is 0 Å². The van der Waals surface area contributed by atoms with Gasteiger partial charge in [-0.15, -0.1) is 0 Å². The zero-order valence-electron chi connectivity index (χ0n) is 10.9. The highest BCUT2D eigenvalue weighted by Crippen LogP contribution is 2.15. The van der Waals surface area contributed by atoms with E-state index < -0.39 is 0 Å². The Bertz CT molecular complexity index is 328. The van der Waals surface area contributed by atoms with Crippen molar-refractivity contribution < 1.29 is 5.11 Å². The van der Waals surface area contributed by atoms with Crippen molar-refractivity contribution in [3.63, 3.8) is 0 Å². The first kappa shape index (κ1) is 14.5. The second kappa shape index (κ2) is 7.74. The second-order valence-electron chi connectivity index (χ2n) is 4.21. The van der Waals surface area contributed by atoms with Crippen molar-refractivity contribution in [2.45, 2.75) is 26.3 Å². The molecule has 98 valence electrons. The van der Waals surface area contributed by atoms with Gasteiger partial charge in [0, 0.05) is 43.8 Å². The molecule has 1 rings (SSSR count). The first-order chi connectivity index (χ1) is 8.15. The van der Waals surface area contributed by atoms with Gasteiger partial charge in [0.25, 0.3) is 0 Å². The van der Waals surface area contributed by atoms with E-state index in [-0.39, 0.29) is 0 Å². The molecule has 1 aromatic heterocycles. The Morgan fingerprint density at radius 2 is 2.29 bits per heavy atom. The number of thioether (sulfide) groups is 1. The van der Waals surface area contributed by atoms with Gasteiger partial charge in [-0.05, 0) is 26.0 Å². The molecule has 0 aromatic carbocycles. The van der Waals surface area contributed by atoms with E-state index in [0.717, 1.165) is 30.2 Å². The van der Waals surface area contributed by atoms with Gasteiger partial charge in [0.05, 0.1) is 5.69 Å². The average Bonchev–Trinajstić information content (AvgIpc) is 2.62. The monoisotopic (exact) mass is 257 g/mol. The number of aryl methyl sites for hydroxylation is 2. The van der Waals surface area contributed by atoms with Crippen LogP contribution in [0, 0.1) is 6.92 Å². The predicted molar refractivity (Wildman–Crippen MR) is 73.4 cm³/mol. The summed E-state index contributed by atoms with van der Waals surface area (Å²) in [6, 6.07) is 0.349. The third kappa shape index (κ3) is 5.10. The number of aliphatic hydroxyl groups excluding tert-OH is 1. The molecule has 0 spiro atoms. The summed E-state index contributed by atoms with van der Waals surface area (Å²) < 4.78 is 1.86. The van der Waals surface area contributed by atoms with Gasteiger partial charge >= 0.3 is 0 Å². The van der Waals surface area contributed by atoms with E-state index in [4.69, 9.17) is 5.11 Å². The molecular weight excluding hydrogens is 234 g/mol. The molecule has 5 heteroatoms. The van der Waals surface area contributed by atoms with Crippen molar-refractivity contribution in [1.82, 2.24) is 15.1 Å². The first-order valence-electron chi connectivity index (χ1n) is 6.07. The lowest BCUT2D eigenvalue weighted by Gasteiger charge is -2.12. The van der Waals surface area contributed by atoms with Gasteiger partial charge < -0.3 is 10.4 Å². The minimum atomic E-state index is 0.297. The maximum atomic E-state index is 8.65. The van der Waals surface area contributed by atoms with Crippen molar-refractivity contribution in [2.75, 3.05) is 24.7 Å². The Hall–Kier alpha value is -0.520. The molecule has 4 nitrogen and oxygen atoms in total. The van der Waals surface area contributed by atoms with Crippen LogP contribution in [0.3, 0.4) is 0 Å². The first-order valence-corrected chi connectivity index (χ1v) is 7.22. The van der Waals surface area contributed by atoms with Crippen LogP contribution in [-0.2, 0) is 7.05 Å². The zero-order valence-corrected chi connectivity index (χ0v) is 11.8. The molecular formula is C12H23N3OS. The predicted octanol–water partition coefficient (Wildman–Crippen LogP) is 1.49. The molecule has 0 amide bonds. The summed E-state index contributed by atoms with van der Waals surface area (Å²) in [5.74, 6) is 2.13. The Morgan fingerprint density at radius 1 is 1.53 bits per heavy atom. The molecule has 1 heterocycles. The molecule has 0 saturated heterocycles. The van der Waals surface area contributed by atoms with E-state index in [1.54, 1.807) is 0 Å². The van der Waals surface area contributed by atoms with Crippen LogP contribution in [-0.4, -0.2) is 39.5 Å². The smallest absolute Gasteiger partial charge is 0.0641 e. The summed E-state index contributed by atoms with van der Waals surface area (Å²) in [6.07, 6.45) is 2.97. The molecule has 17 heavy (non-hydrogen) atoms. The summed E-state index contributed by atoms with van der Waals surface area (Å²) in [4.78, 5) is 0. The number of nitrogens with one attached hydrogen (secondary N) is 1.